The van der Waals surface area contributed by atoms with Crippen LogP contribution in [0.2, 0.25) is 0 Å². The molecule has 0 bridgehead atoms. The van der Waals surface area contributed by atoms with Gasteiger partial charge in [-0.3, -0.25) is 19.2 Å². The molecule has 13 nitrogen and oxygen atoms in total. The summed E-state index contributed by atoms with van der Waals surface area (Å²) >= 11 is 0. The van der Waals surface area contributed by atoms with Crippen LogP contribution in [0, 0.1) is 57.2 Å². The first kappa shape index (κ1) is 52.4. The maximum atomic E-state index is 17.0. The molecule has 8 aliphatic rings. The van der Waals surface area contributed by atoms with Gasteiger partial charge in [-0.15, -0.1) is 0 Å². The number of phosphoric acid groups is 1. The molecular formula is C44H57F2Na2O13P. The van der Waals surface area contributed by atoms with E-state index in [4.69, 9.17) is 0 Å². The third-order valence-electron chi connectivity index (χ3n) is 17.8. The van der Waals surface area contributed by atoms with Crippen molar-refractivity contribution in [2.45, 2.75) is 128 Å². The number of hydrogen-bond acceptors (Lipinski definition) is 13. The van der Waals surface area contributed by atoms with Crippen molar-refractivity contribution in [1.82, 2.24) is 0 Å². The van der Waals surface area contributed by atoms with E-state index in [-0.39, 0.29) is 95.9 Å². The molecule has 0 aromatic heterocycles. The van der Waals surface area contributed by atoms with E-state index in [9.17, 15) is 59.1 Å². The Morgan fingerprint density at radius 2 is 1.11 bits per heavy atom. The number of allylic oxidation sites excluding steroid dienone is 8. The fourth-order valence-electron chi connectivity index (χ4n) is 14.6. The summed E-state index contributed by atoms with van der Waals surface area (Å²) in [6.45, 7) is 8.28. The van der Waals surface area contributed by atoms with E-state index in [0.717, 1.165) is 0 Å². The van der Waals surface area contributed by atoms with Gasteiger partial charge in [0.15, 0.2) is 34.5 Å². The number of fused-ring (bicyclic) bond motifs is 10. The average molecular weight is 909 g/mol. The number of hydrogen-bond donors (Lipinski definition) is 5. The van der Waals surface area contributed by atoms with Gasteiger partial charge in [0.25, 0.3) is 0 Å². The van der Waals surface area contributed by atoms with Crippen LogP contribution in [0.3, 0.4) is 0 Å². The van der Waals surface area contributed by atoms with Crippen LogP contribution < -0.4 is 68.9 Å². The van der Waals surface area contributed by atoms with Gasteiger partial charge in [-0.1, -0.05) is 51.0 Å². The molecule has 6 saturated carbocycles. The summed E-state index contributed by atoms with van der Waals surface area (Å²) in [7, 11) is -5.43. The first-order valence-corrected chi connectivity index (χ1v) is 22.4. The normalized spacial score (nSPS) is 48.5. The molecule has 18 heteroatoms. The maximum absolute atomic E-state index is 17.0. The fraction of sp³-hybridized carbons (Fsp3) is 0.727. The zero-order valence-electron chi connectivity index (χ0n) is 36.9. The van der Waals surface area contributed by atoms with Gasteiger partial charge in [0.1, 0.15) is 24.4 Å². The van der Waals surface area contributed by atoms with E-state index in [0.29, 0.717) is 43.3 Å². The molecule has 0 heterocycles. The summed E-state index contributed by atoms with van der Waals surface area (Å²) < 4.78 is 48.9. The van der Waals surface area contributed by atoms with Gasteiger partial charge in [0.05, 0.1) is 20.0 Å². The minimum absolute atomic E-state index is 0. The quantitative estimate of drug-likeness (QED) is 0.130. The van der Waals surface area contributed by atoms with Crippen molar-refractivity contribution in [3.63, 3.8) is 0 Å². The van der Waals surface area contributed by atoms with E-state index < -0.39 is 119 Å². The van der Waals surface area contributed by atoms with E-state index >= 15 is 8.78 Å². The predicted molar refractivity (Wildman–Crippen MR) is 206 cm³/mol. The molecule has 0 spiro atoms. The molecule has 6 fully saturated rings. The van der Waals surface area contributed by atoms with Gasteiger partial charge in [-0.25, -0.2) is 8.78 Å². The number of ketones is 4. The van der Waals surface area contributed by atoms with E-state index in [1.165, 1.54) is 30.4 Å². The third-order valence-corrected chi connectivity index (χ3v) is 18.2. The van der Waals surface area contributed by atoms with E-state index in [1.807, 2.05) is 0 Å². The van der Waals surface area contributed by atoms with Gasteiger partial charge in [0.2, 0.25) is 0 Å². The fourth-order valence-corrected chi connectivity index (χ4v) is 14.9. The van der Waals surface area contributed by atoms with Crippen LogP contribution in [0.15, 0.2) is 47.6 Å². The smallest absolute Gasteiger partial charge is 0.790 e. The Balaban J connectivity index is 0.000000229. The van der Waals surface area contributed by atoms with Gasteiger partial charge in [-0.2, -0.15) is 0 Å². The second kappa shape index (κ2) is 16.9. The molecule has 0 radical (unpaired) electrons. The zero-order chi connectivity index (χ0) is 44.6. The summed E-state index contributed by atoms with van der Waals surface area (Å²) in [6.07, 6.45) is 7.97. The summed E-state index contributed by atoms with van der Waals surface area (Å²) in [6, 6.07) is 0. The van der Waals surface area contributed by atoms with Crippen LogP contribution >= 0.6 is 7.82 Å². The largest absolute Gasteiger partial charge is 1.00 e. The van der Waals surface area contributed by atoms with Crippen LogP contribution in [0.5, 0.6) is 0 Å². The topological polar surface area (TPSA) is 242 Å². The number of carbonyl (C=O) groups excluding carboxylic acids is 4. The first-order valence-electron chi connectivity index (χ1n) is 21.0. The number of phosphoric ester groups is 1. The number of carbonyl (C=O) groups is 4. The number of alkyl halides is 2. The molecule has 16 atom stereocenters. The Morgan fingerprint density at radius 1 is 0.742 bits per heavy atom. The summed E-state index contributed by atoms with van der Waals surface area (Å²) in [5.74, 6) is -5.17. The molecule has 0 aliphatic heterocycles. The van der Waals surface area contributed by atoms with Crippen LogP contribution in [0.1, 0.15) is 92.9 Å². The standard InChI is InChI=1S/C22H30FO8P.C22H29FO5.2Na/c1-12-8-16-15-5-4-13-9-14(24)6-7-19(13,2)21(15,23)17(25)10-20(16,3)22(12,27)18(26)11-31-32(28,29)30;1-12-8-16-15-5-4-13-9-14(25)6-7-19(13,2)21(15,23)17(26)10-20(16,3)22(12,28)18(27)11-24;;/h6-7,9,12,15-17,25,27H,4-5,8,10-11H2,1-3H3,(H2,28,29,30);6-7,9,12,15-17,24,26,28H,4-5,8,10-11H2,1-3H3;;/q;;2*+1/p-2/t2*12-,15-,16-,17-,19-,20-,21-,22-;;/m00../s1. The van der Waals surface area contributed by atoms with Crippen molar-refractivity contribution in [1.29, 1.82) is 0 Å². The molecular weight excluding hydrogens is 851 g/mol. The third kappa shape index (κ3) is 6.90. The summed E-state index contributed by atoms with van der Waals surface area (Å²) in [4.78, 5) is 70.9. The Labute approximate surface area is 405 Å². The number of Topliss-reactive ketones (excluding diaryl/α,β-unsaturated/α-hetero) is 2. The maximum Gasteiger partial charge on any atom is 1.00 e. The average Bonchev–Trinajstić information content (AvgIpc) is 3.50. The Morgan fingerprint density at radius 3 is 1.47 bits per heavy atom. The minimum Gasteiger partial charge on any atom is -0.790 e. The number of aliphatic hydroxyl groups is 5. The molecule has 62 heavy (non-hydrogen) atoms. The van der Waals surface area contributed by atoms with E-state index in [2.05, 4.69) is 4.52 Å². The van der Waals surface area contributed by atoms with Gasteiger partial charge in [0, 0.05) is 33.5 Å². The van der Waals surface area contributed by atoms with Crippen molar-refractivity contribution in [2.75, 3.05) is 13.2 Å². The van der Waals surface area contributed by atoms with Crippen molar-refractivity contribution in [2.24, 2.45) is 57.2 Å². The monoisotopic (exact) mass is 908 g/mol. The predicted octanol–water partition coefficient (Wildman–Crippen LogP) is -3.35. The summed E-state index contributed by atoms with van der Waals surface area (Å²) in [5.41, 5.74) is -11.2. The number of rotatable bonds is 6. The van der Waals surface area contributed by atoms with Crippen molar-refractivity contribution < 1.29 is 131 Å². The number of aliphatic hydroxyl groups excluding tert-OH is 3. The van der Waals surface area contributed by atoms with Gasteiger partial charge in [-0.05, 0) is 113 Å². The van der Waals surface area contributed by atoms with Crippen molar-refractivity contribution >= 4 is 31.0 Å². The zero-order valence-corrected chi connectivity index (χ0v) is 41.8. The summed E-state index contributed by atoms with van der Waals surface area (Å²) in [5, 5.41) is 54.7. The first-order chi connectivity index (χ1) is 27.6. The molecule has 0 saturated heterocycles. The SMILES string of the molecule is C[C@H]1C[C@H]2[C@@H]3CCC4=CC(=O)C=C[C@]4(C)[C@@]3(F)[C@@H](O)C[C@]2(C)[C@@]1(O)C(=O)CO.C[C@H]1C[C@H]2[C@@H]3CCC4=CC(=O)C=C[C@]4(C)[C@@]3(F)[C@@H](O)C[C@]2(C)[C@@]1(O)C(=O)COP(=O)([O-])[O-].[Na+].[Na+]. The Kier molecular flexibility index (Phi) is 14.3. The van der Waals surface area contributed by atoms with Crippen LogP contribution in [0.4, 0.5) is 8.78 Å². The molecule has 0 unspecified atom stereocenters. The Hall–Kier alpha value is -0.590. The van der Waals surface area contributed by atoms with Crippen molar-refractivity contribution in [3.05, 3.63) is 47.6 Å². The second-order valence-electron chi connectivity index (χ2n) is 20.1. The minimum atomic E-state index is -5.43. The van der Waals surface area contributed by atoms with Gasteiger partial charge >= 0.3 is 59.1 Å². The molecule has 0 aromatic rings. The van der Waals surface area contributed by atoms with E-state index in [1.54, 1.807) is 47.6 Å². The molecule has 0 amide bonds. The molecule has 332 valence electrons. The molecule has 8 aliphatic carbocycles. The molecule has 0 aromatic carbocycles. The molecule has 8 rings (SSSR count). The number of halogens is 2. The van der Waals surface area contributed by atoms with Crippen molar-refractivity contribution in [3.8, 4) is 0 Å². The Bertz CT molecular complexity index is 2080. The van der Waals surface area contributed by atoms with Gasteiger partial charge < -0.3 is 44.4 Å². The van der Waals surface area contributed by atoms with Crippen LogP contribution in [0.25, 0.3) is 0 Å². The molecule has 5 N–H and O–H groups in total. The van der Waals surface area contributed by atoms with Crippen LogP contribution in [-0.2, 0) is 28.3 Å². The second-order valence-corrected chi connectivity index (χ2v) is 21.2. The van der Waals surface area contributed by atoms with Crippen LogP contribution in [-0.4, -0.2) is 96.6 Å².